The fourth-order valence-corrected chi connectivity index (χ4v) is 3.49. The molecule has 6 atom stereocenters. The normalized spacial score (nSPS) is 49.4. The van der Waals surface area contributed by atoms with Crippen LogP contribution in [0.3, 0.4) is 0 Å². The molecule has 3 nitrogen and oxygen atoms in total. The summed E-state index contributed by atoms with van der Waals surface area (Å²) in [6, 6.07) is 0. The van der Waals surface area contributed by atoms with E-state index in [1.807, 2.05) is 6.08 Å². The molecule has 0 unspecified atom stereocenters. The Morgan fingerprint density at radius 3 is 2.75 bits per heavy atom. The maximum Gasteiger partial charge on any atom is 0.107 e. The Bertz CT molecular complexity index is 323. The van der Waals surface area contributed by atoms with E-state index >= 15 is 0 Å². The van der Waals surface area contributed by atoms with Gasteiger partial charge in [-0.2, -0.15) is 0 Å². The third kappa shape index (κ3) is 1.54. The molecule has 0 spiro atoms. The van der Waals surface area contributed by atoms with Crippen molar-refractivity contribution in [2.45, 2.75) is 18.6 Å². The average Bonchev–Trinajstić information content (AvgIpc) is 2.80. The number of ether oxygens (including phenoxy) is 1. The standard InChI is InChI=1S/C13H18O3/c14-5-1-2-10-8-3-4-9(6-8)12(10)13-11(7-15)16-13/h1-4,8-15H,5-7H2/b2-1+/t8-,9+,10+,11-,12-,13-/m1/s1. The van der Waals surface area contributed by atoms with Crippen LogP contribution in [0.25, 0.3) is 0 Å². The molecular weight excluding hydrogens is 204 g/mol. The predicted octanol–water partition coefficient (Wildman–Crippen LogP) is 0.733. The van der Waals surface area contributed by atoms with Gasteiger partial charge in [-0.15, -0.1) is 0 Å². The molecule has 3 heteroatoms. The number of hydrogen-bond acceptors (Lipinski definition) is 3. The van der Waals surface area contributed by atoms with E-state index in [1.54, 1.807) is 0 Å². The van der Waals surface area contributed by atoms with Gasteiger partial charge in [0.05, 0.1) is 19.3 Å². The predicted molar refractivity (Wildman–Crippen MR) is 59.7 cm³/mol. The van der Waals surface area contributed by atoms with Crippen LogP contribution in [-0.2, 0) is 4.74 Å². The number of fused-ring (bicyclic) bond motifs is 2. The molecule has 0 aromatic carbocycles. The fourth-order valence-electron chi connectivity index (χ4n) is 3.49. The minimum atomic E-state index is 0.0581. The average molecular weight is 222 g/mol. The number of aliphatic hydroxyl groups excluding tert-OH is 2. The zero-order valence-corrected chi connectivity index (χ0v) is 9.20. The molecular formula is C13H18O3. The number of allylic oxidation sites excluding steroid dienone is 3. The third-order valence-corrected chi connectivity index (χ3v) is 4.23. The number of aliphatic hydroxyl groups is 2. The molecule has 2 N–H and O–H groups in total. The van der Waals surface area contributed by atoms with Crippen LogP contribution in [-0.4, -0.2) is 35.6 Å². The van der Waals surface area contributed by atoms with Crippen LogP contribution >= 0.6 is 0 Å². The lowest BCUT2D eigenvalue weighted by Crippen LogP contribution is -2.25. The van der Waals surface area contributed by atoms with Gasteiger partial charge in [-0.05, 0) is 24.2 Å². The van der Waals surface area contributed by atoms with Gasteiger partial charge < -0.3 is 14.9 Å². The Kier molecular flexibility index (Phi) is 2.62. The minimum Gasteiger partial charge on any atom is -0.394 e. The molecule has 2 bridgehead atoms. The molecule has 0 aromatic rings. The SMILES string of the molecule is OC/C=C/[C@@H]1[C@H]([C@@H]2O[C@@H]2CO)[C@H]2C=C[C@@H]1C2. The molecule has 1 saturated carbocycles. The highest BCUT2D eigenvalue weighted by Gasteiger charge is 2.55. The van der Waals surface area contributed by atoms with E-state index in [-0.39, 0.29) is 25.4 Å². The maximum absolute atomic E-state index is 9.07. The first-order chi connectivity index (χ1) is 7.85. The molecule has 16 heavy (non-hydrogen) atoms. The van der Waals surface area contributed by atoms with Gasteiger partial charge in [-0.25, -0.2) is 0 Å². The first-order valence-electron chi connectivity index (χ1n) is 6.07. The van der Waals surface area contributed by atoms with Gasteiger partial charge in [0, 0.05) is 5.92 Å². The van der Waals surface area contributed by atoms with Crippen molar-refractivity contribution in [2.24, 2.45) is 23.7 Å². The number of hydrogen-bond donors (Lipinski definition) is 2. The lowest BCUT2D eigenvalue weighted by atomic mass is 9.80. The highest BCUT2D eigenvalue weighted by molar-refractivity contribution is 5.21. The summed E-state index contributed by atoms with van der Waals surface area (Å²) in [6.45, 7) is 0.248. The van der Waals surface area contributed by atoms with Gasteiger partial charge in [-0.1, -0.05) is 24.3 Å². The molecule has 0 amide bonds. The molecule has 1 heterocycles. The first kappa shape index (κ1) is 10.5. The quantitative estimate of drug-likeness (QED) is 0.544. The van der Waals surface area contributed by atoms with Crippen LogP contribution in [0.1, 0.15) is 6.42 Å². The van der Waals surface area contributed by atoms with Crippen molar-refractivity contribution in [3.05, 3.63) is 24.3 Å². The largest absolute Gasteiger partial charge is 0.394 e. The summed E-state index contributed by atoms with van der Waals surface area (Å²) in [5, 5.41) is 17.9. The fraction of sp³-hybridized carbons (Fsp3) is 0.692. The van der Waals surface area contributed by atoms with E-state index in [4.69, 9.17) is 14.9 Å². The Morgan fingerprint density at radius 1 is 1.25 bits per heavy atom. The third-order valence-electron chi connectivity index (χ3n) is 4.23. The second kappa shape index (κ2) is 3.99. The van der Waals surface area contributed by atoms with E-state index in [2.05, 4.69) is 18.2 Å². The van der Waals surface area contributed by atoms with Crippen LogP contribution in [0, 0.1) is 23.7 Å². The molecule has 2 aliphatic carbocycles. The monoisotopic (exact) mass is 222 g/mol. The lowest BCUT2D eigenvalue weighted by Gasteiger charge is -2.24. The van der Waals surface area contributed by atoms with Gasteiger partial charge >= 0.3 is 0 Å². The van der Waals surface area contributed by atoms with Gasteiger partial charge in [0.25, 0.3) is 0 Å². The van der Waals surface area contributed by atoms with Crippen molar-refractivity contribution >= 4 is 0 Å². The van der Waals surface area contributed by atoms with Gasteiger partial charge in [0.2, 0.25) is 0 Å². The summed E-state index contributed by atoms with van der Waals surface area (Å²) >= 11 is 0. The minimum absolute atomic E-state index is 0.0581. The molecule has 2 fully saturated rings. The number of rotatable bonds is 4. The number of epoxide rings is 1. The Balaban J connectivity index is 1.75. The molecule has 1 saturated heterocycles. The zero-order chi connectivity index (χ0) is 11.1. The lowest BCUT2D eigenvalue weighted by molar-refractivity contribution is 0.230. The second-order valence-electron chi connectivity index (χ2n) is 5.04. The topological polar surface area (TPSA) is 53.0 Å². The second-order valence-corrected chi connectivity index (χ2v) is 5.04. The van der Waals surface area contributed by atoms with Crippen LogP contribution < -0.4 is 0 Å². The van der Waals surface area contributed by atoms with Crippen molar-refractivity contribution in [1.29, 1.82) is 0 Å². The summed E-state index contributed by atoms with van der Waals surface area (Å²) in [7, 11) is 0. The van der Waals surface area contributed by atoms with Crippen molar-refractivity contribution in [2.75, 3.05) is 13.2 Å². The summed E-state index contributed by atoms with van der Waals surface area (Å²) in [6.07, 6.45) is 10.1. The van der Waals surface area contributed by atoms with Crippen molar-refractivity contribution in [1.82, 2.24) is 0 Å². The Hall–Kier alpha value is -0.640. The summed E-state index contributed by atoms with van der Waals surface area (Å²) in [5.41, 5.74) is 0. The summed E-state index contributed by atoms with van der Waals surface area (Å²) < 4.78 is 5.53. The van der Waals surface area contributed by atoms with Crippen LogP contribution in [0.4, 0.5) is 0 Å². The van der Waals surface area contributed by atoms with E-state index in [0.717, 1.165) is 0 Å². The molecule has 0 aromatic heterocycles. The Labute approximate surface area is 95.4 Å². The van der Waals surface area contributed by atoms with Crippen LogP contribution in [0.5, 0.6) is 0 Å². The highest BCUT2D eigenvalue weighted by atomic mass is 16.6. The summed E-state index contributed by atoms with van der Waals surface area (Å²) in [5.74, 6) is 2.22. The Morgan fingerprint density at radius 2 is 2.06 bits per heavy atom. The highest BCUT2D eigenvalue weighted by Crippen LogP contribution is 2.54. The zero-order valence-electron chi connectivity index (χ0n) is 9.20. The molecule has 1 aliphatic heterocycles. The van der Waals surface area contributed by atoms with Gasteiger partial charge in [-0.3, -0.25) is 0 Å². The van der Waals surface area contributed by atoms with E-state index in [0.29, 0.717) is 23.7 Å². The van der Waals surface area contributed by atoms with Gasteiger partial charge in [0.1, 0.15) is 6.10 Å². The van der Waals surface area contributed by atoms with E-state index in [1.165, 1.54) is 6.42 Å². The molecule has 3 rings (SSSR count). The maximum atomic E-state index is 9.07. The smallest absolute Gasteiger partial charge is 0.107 e. The van der Waals surface area contributed by atoms with Crippen LogP contribution in [0.2, 0.25) is 0 Å². The van der Waals surface area contributed by atoms with Crippen molar-refractivity contribution in [3.8, 4) is 0 Å². The van der Waals surface area contributed by atoms with E-state index < -0.39 is 0 Å². The molecule has 88 valence electrons. The first-order valence-corrected chi connectivity index (χ1v) is 6.07. The molecule has 3 aliphatic rings. The van der Waals surface area contributed by atoms with Crippen LogP contribution in [0.15, 0.2) is 24.3 Å². The summed E-state index contributed by atoms with van der Waals surface area (Å²) in [4.78, 5) is 0. The van der Waals surface area contributed by atoms with Crippen molar-refractivity contribution in [3.63, 3.8) is 0 Å². The van der Waals surface area contributed by atoms with Crippen molar-refractivity contribution < 1.29 is 14.9 Å². The molecule has 0 radical (unpaired) electrons. The van der Waals surface area contributed by atoms with Gasteiger partial charge in [0.15, 0.2) is 0 Å². The van der Waals surface area contributed by atoms with E-state index in [9.17, 15) is 0 Å².